The molecule has 2 aromatic rings. The Morgan fingerprint density at radius 2 is 0.810 bits per heavy atom. The molecule has 0 aromatic heterocycles. The second-order valence-corrected chi connectivity index (χ2v) is 34.9. The summed E-state index contributed by atoms with van der Waals surface area (Å²) in [6.07, 6.45) is -5.40. The van der Waals surface area contributed by atoms with Crippen LogP contribution in [0.2, 0.25) is 0 Å². The summed E-state index contributed by atoms with van der Waals surface area (Å²) in [6, 6.07) is -11.3. The number of phenolic OH excluding ortho intramolecular Hbond substituents is 2. The molecule has 2 rings (SSSR count). The van der Waals surface area contributed by atoms with Gasteiger partial charge in [-0.05, 0) is 166 Å². The summed E-state index contributed by atoms with van der Waals surface area (Å²) in [7, 11) is 1.50. The number of benzene rings is 2. The van der Waals surface area contributed by atoms with Gasteiger partial charge < -0.3 is 153 Å². The lowest BCUT2D eigenvalue weighted by molar-refractivity contribution is -0.143. The monoisotopic (exact) mass is 1940 g/mol. The molecule has 0 heterocycles. The lowest BCUT2D eigenvalue weighted by atomic mass is 9.93. The minimum absolute atomic E-state index is 0.000582. The normalized spacial score (nSPS) is 15.3. The van der Waals surface area contributed by atoms with Crippen molar-refractivity contribution in [3.8, 4) is 11.5 Å². The van der Waals surface area contributed by atoms with Crippen LogP contribution in [-0.4, -0.2) is 311 Å². The minimum atomic E-state index is -2.19. The number of nitrogens with one attached hydrogen (secondary N) is 19. The summed E-state index contributed by atoms with van der Waals surface area (Å²) >= 11 is 0. The van der Waals surface area contributed by atoms with E-state index in [0.29, 0.717) is 18.4 Å². The van der Waals surface area contributed by atoms with E-state index in [1.165, 1.54) is 98.8 Å². The number of rotatable bonds is 63. The summed E-state index contributed by atoms with van der Waals surface area (Å²) < 4.78 is 0. The quantitative estimate of drug-likeness (QED) is 0.0166. The number of carbonyl (C=O) groups is 20. The first-order valence-electron chi connectivity index (χ1n) is 44.7. The number of carbonyl (C=O) groups excluding carboxylic acids is 16. The van der Waals surface area contributed by atoms with Crippen LogP contribution in [0.25, 0.3) is 0 Å². The van der Waals surface area contributed by atoms with E-state index in [1.54, 1.807) is 39.8 Å². The Hall–Kier alpha value is -13.5. The van der Waals surface area contributed by atoms with Gasteiger partial charge >= 0.3 is 23.9 Å². The van der Waals surface area contributed by atoms with Crippen molar-refractivity contribution >= 4 is 124 Å². The van der Waals surface area contributed by atoms with Crippen molar-refractivity contribution in [3.05, 3.63) is 59.7 Å². The number of unbranched alkanes of at least 4 members (excludes halogenated alkanes) is 1. The number of likely N-dealkylation sites (N-methyl/N-ethyl adjacent to an activating group) is 1. The first-order valence-corrected chi connectivity index (χ1v) is 44.7. The fraction of sp³-hybridized carbons (Fsp3) is 0.621. The maximum Gasteiger partial charge on any atom is 0.326 e. The first-order chi connectivity index (χ1) is 64.0. The Balaban J connectivity index is 2.41. The van der Waals surface area contributed by atoms with Gasteiger partial charge in [0.05, 0.1) is 44.7 Å². The average molecular weight is 1940 g/mol. The van der Waals surface area contributed by atoms with Gasteiger partial charge in [0, 0.05) is 19.4 Å². The highest BCUT2D eigenvalue weighted by molar-refractivity contribution is 6.03. The number of aliphatic carboxylic acids is 4. The average Bonchev–Trinajstić information content (AvgIpc) is 0.819. The molecule has 2 aromatic carbocycles. The molecule has 0 unspecified atom stereocenters. The molecule has 50 nitrogen and oxygen atoms in total. The molecule has 0 aliphatic heterocycles. The second kappa shape index (κ2) is 58.1. The van der Waals surface area contributed by atoms with Gasteiger partial charge in [0.25, 0.3) is 0 Å². The molecule has 0 saturated heterocycles. The maximum absolute atomic E-state index is 14.5. The number of hydrogen-bond donors (Lipinski definition) is 30. The van der Waals surface area contributed by atoms with Gasteiger partial charge in [-0.1, -0.05) is 85.6 Å². The number of aliphatic hydroxyl groups excluding tert-OH is 3. The number of carboxylic acids is 4. The van der Waals surface area contributed by atoms with Gasteiger partial charge in [0.1, 0.15) is 101 Å². The highest BCUT2D eigenvalue weighted by Gasteiger charge is 2.44. The van der Waals surface area contributed by atoms with Gasteiger partial charge in [-0.2, -0.15) is 0 Å². The second-order valence-electron chi connectivity index (χ2n) is 34.9. The van der Waals surface area contributed by atoms with Crippen LogP contribution in [0.5, 0.6) is 11.5 Å². The maximum atomic E-state index is 14.5. The number of guanidine groups is 1. The van der Waals surface area contributed by atoms with Crippen LogP contribution in [0.1, 0.15) is 185 Å². The number of aromatic hydroxyl groups is 2. The Morgan fingerprint density at radius 1 is 0.409 bits per heavy atom. The predicted molar refractivity (Wildman–Crippen MR) is 489 cm³/mol. The fourth-order valence-corrected chi connectivity index (χ4v) is 13.2. The fourth-order valence-electron chi connectivity index (χ4n) is 13.2. The molecule has 17 atom stereocenters. The third-order valence-corrected chi connectivity index (χ3v) is 22.2. The van der Waals surface area contributed by atoms with Crippen LogP contribution in [-0.2, 0) is 109 Å². The van der Waals surface area contributed by atoms with E-state index in [1.807, 2.05) is 0 Å². The van der Waals surface area contributed by atoms with Gasteiger partial charge in [-0.3, -0.25) is 96.5 Å². The van der Waals surface area contributed by atoms with Crippen molar-refractivity contribution in [3.63, 3.8) is 0 Å². The highest BCUT2D eigenvalue weighted by Crippen LogP contribution is 2.21. The molecule has 32 N–H and O–H groups in total. The van der Waals surface area contributed by atoms with Crippen LogP contribution in [0.3, 0.4) is 0 Å². The number of nitrogens with two attached hydrogens (primary N) is 2. The summed E-state index contributed by atoms with van der Waals surface area (Å²) in [6.45, 7) is 15.0. The zero-order chi connectivity index (χ0) is 104. The van der Waals surface area contributed by atoms with Gasteiger partial charge in [-0.25, -0.2) is 4.79 Å². The Kier molecular flexibility index (Phi) is 50.7. The molecule has 0 bridgehead atoms. The van der Waals surface area contributed by atoms with E-state index in [0.717, 1.165) is 6.92 Å². The van der Waals surface area contributed by atoms with E-state index in [9.17, 15) is 142 Å². The van der Waals surface area contributed by atoms with Gasteiger partial charge in [0.2, 0.25) is 94.5 Å². The molecule has 0 fully saturated rings. The van der Waals surface area contributed by atoms with Gasteiger partial charge in [-0.15, -0.1) is 0 Å². The Morgan fingerprint density at radius 3 is 1.26 bits per heavy atom. The Labute approximate surface area is 792 Å². The van der Waals surface area contributed by atoms with E-state index in [4.69, 9.17) is 16.9 Å². The largest absolute Gasteiger partial charge is 0.508 e. The van der Waals surface area contributed by atoms with E-state index in [2.05, 4.69) is 95.7 Å². The standard InChI is InChI=1S/C87H139N21O29/c1-15-44(6)65(105-83(137)87(13,17-3)108-79(132)67(46(8)111)103-61(114)40-93-68(121)52(31-32-62(115)116)101-81(135)85(9,10)106-76(129)54(91-14)36-47-23-27-49(112)28-24-47)77(130)100-59(41-109)74(127)98-58(39-64(119)120)73(126)96-56(37-48-25-29-50(113)30-26-48)71(124)99-60(42-110)75(128)104-66(45(7)16-2)78(131)107-86(11,12)82(136)102-55(35-43(4)5)70(123)97-57(38-63(117)118)72(125)94-51(22-20-34-92-84(89)90)69(122)95-53(80(133)134)21-18-19-33-88/h23-30,43-46,51-60,65-67,91,109-113H,15-22,31-42,88H2,1-14H3,(H,93,121)(H,94,125)(H,95,122)(H,96,126)(H,97,123)(H,98,127)(H,99,124)(H,100,130)(H,101,135)(H,102,136)(H,103,114)(H,104,128)(H,105,137)(H,106,129)(H,107,131)(H,108,132)(H,115,116)(H,117,118)(H,119,120)(H,133,134)(H4,89,90,92)/t44-,45-,46+,51-,52-,53-,54-,55-,56-,57-,58-,59-,60-,65-,66-,67-,87-/m0/s1. The molecule has 0 spiro atoms. The molecule has 0 saturated carbocycles. The number of phenols is 2. The summed E-state index contributed by atoms with van der Waals surface area (Å²) in [5.41, 5.74) is 6.00. The summed E-state index contributed by atoms with van der Waals surface area (Å²) in [5.74, 6) is -27.0. The molecule has 16 amide bonds. The van der Waals surface area contributed by atoms with E-state index in [-0.39, 0.29) is 81.5 Å². The SMILES string of the molecule is CC[C@H](C)[C@H](NC(=O)[C@H](CO)NC(=O)[C@H](Cc1ccc(O)cc1)NC(=O)[C@H](CC(=O)O)NC(=O)[C@H](CO)NC(=O)[C@@H](NC(=O)[C@](C)(CC)NC(=O)[C@@H](NC(=O)CNC(=O)[C@H](CCC(=O)O)NC(=O)C(C)(C)NC(=O)[C@H](Cc1ccc(O)cc1)NC)[C@@H](C)O)[C@@H](C)CC)C(=O)NC(C)(C)C(=O)N[C@@H](CC(C)C)C(=O)N[C@@H](CC(=O)O)C(=O)N[C@@H](CCCNC(=N)N)C(=O)N[C@@H](CCCCN)C(=O)O. The van der Waals surface area contributed by atoms with Crippen LogP contribution < -0.4 is 107 Å². The molecule has 0 aliphatic rings. The van der Waals surface area contributed by atoms with Crippen LogP contribution in [0.4, 0.5) is 0 Å². The van der Waals surface area contributed by atoms with Crippen molar-refractivity contribution in [2.75, 3.05) is 39.9 Å². The minimum Gasteiger partial charge on any atom is -0.508 e. The number of hydrogen-bond acceptors (Lipinski definition) is 28. The number of aliphatic hydroxyl groups is 3. The smallest absolute Gasteiger partial charge is 0.326 e. The molecule has 766 valence electrons. The highest BCUT2D eigenvalue weighted by atomic mass is 16.4. The van der Waals surface area contributed by atoms with Crippen molar-refractivity contribution in [1.29, 1.82) is 5.41 Å². The Bertz CT molecular complexity index is 4500. The first kappa shape index (κ1) is 120. The van der Waals surface area contributed by atoms with E-state index < -0.39 is 295 Å². The van der Waals surface area contributed by atoms with Crippen molar-refractivity contribution in [2.24, 2.45) is 29.2 Å². The van der Waals surface area contributed by atoms with Crippen molar-refractivity contribution < 1.29 is 142 Å². The molecule has 137 heavy (non-hydrogen) atoms. The van der Waals surface area contributed by atoms with Crippen LogP contribution in [0.15, 0.2) is 48.5 Å². The molecule has 0 aliphatic carbocycles. The number of carboxylic acid groups (broad SMARTS) is 4. The third-order valence-electron chi connectivity index (χ3n) is 22.2. The summed E-state index contributed by atoms with van der Waals surface area (Å²) in [5, 5.41) is 142. The van der Waals surface area contributed by atoms with Crippen LogP contribution in [0, 0.1) is 23.2 Å². The zero-order valence-electron chi connectivity index (χ0n) is 79.4. The molecular weight excluding hydrogens is 1800 g/mol. The molecular formula is C87H139N21O29. The number of amides is 16. The van der Waals surface area contributed by atoms with Crippen molar-refractivity contribution in [2.45, 2.75) is 288 Å². The summed E-state index contributed by atoms with van der Waals surface area (Å²) in [4.78, 5) is 273. The lowest BCUT2D eigenvalue weighted by Gasteiger charge is -2.34. The molecule has 0 radical (unpaired) electrons. The molecule has 50 heteroatoms. The van der Waals surface area contributed by atoms with Crippen molar-refractivity contribution in [1.82, 2.24) is 95.7 Å². The van der Waals surface area contributed by atoms with Crippen LogP contribution >= 0.6 is 0 Å². The zero-order valence-corrected chi connectivity index (χ0v) is 79.4. The van der Waals surface area contributed by atoms with E-state index >= 15 is 0 Å². The van der Waals surface area contributed by atoms with Gasteiger partial charge in [0.15, 0.2) is 5.96 Å². The predicted octanol–water partition coefficient (Wildman–Crippen LogP) is -6.73. The topological polar surface area (TPSA) is 816 Å². The lowest BCUT2D eigenvalue weighted by Crippen LogP contribution is -2.65. The third kappa shape index (κ3) is 41.7.